The number of nitro groups is 1. The normalized spacial score (nSPS) is 10.7. The second kappa shape index (κ2) is 8.62. The zero-order valence-corrected chi connectivity index (χ0v) is 14.7. The third-order valence-electron chi connectivity index (χ3n) is 3.87. The lowest BCUT2D eigenvalue weighted by molar-refractivity contribution is -0.384. The maximum absolute atomic E-state index is 10.7. The summed E-state index contributed by atoms with van der Waals surface area (Å²) in [5, 5.41) is 10.7. The van der Waals surface area contributed by atoms with E-state index in [4.69, 9.17) is 9.47 Å². The molecule has 0 fully saturated rings. The Balaban J connectivity index is 1.56. The first kappa shape index (κ1) is 18.1. The fourth-order valence-electron chi connectivity index (χ4n) is 2.35. The molecule has 136 valence electrons. The molecule has 27 heavy (non-hydrogen) atoms. The number of nitrogens with zero attached hydrogens (tertiary/aromatic N) is 2. The highest BCUT2D eigenvalue weighted by Gasteiger charge is 2.04. The molecule has 0 radical (unpaired) electrons. The quantitative estimate of drug-likeness (QED) is 0.339. The van der Waals surface area contributed by atoms with Gasteiger partial charge in [-0.25, -0.2) is 0 Å². The number of ether oxygens (including phenoxy) is 2. The van der Waals surface area contributed by atoms with Gasteiger partial charge in [0.1, 0.15) is 18.1 Å². The summed E-state index contributed by atoms with van der Waals surface area (Å²) in [6, 6.07) is 21.4. The maximum Gasteiger partial charge on any atom is 0.269 e. The van der Waals surface area contributed by atoms with Gasteiger partial charge in [-0.3, -0.25) is 15.1 Å². The minimum atomic E-state index is -0.420. The van der Waals surface area contributed by atoms with Crippen molar-refractivity contribution in [2.75, 3.05) is 7.11 Å². The Kier molecular flexibility index (Phi) is 5.79. The predicted molar refractivity (Wildman–Crippen MR) is 104 cm³/mol. The van der Waals surface area contributed by atoms with E-state index >= 15 is 0 Å². The Labute approximate surface area is 156 Å². The topological polar surface area (TPSA) is 74.0 Å². The van der Waals surface area contributed by atoms with Gasteiger partial charge in [0.2, 0.25) is 0 Å². The summed E-state index contributed by atoms with van der Waals surface area (Å²) >= 11 is 0. The first-order valence-electron chi connectivity index (χ1n) is 8.28. The van der Waals surface area contributed by atoms with Crippen LogP contribution in [0, 0.1) is 10.1 Å². The van der Waals surface area contributed by atoms with E-state index in [0.717, 1.165) is 28.3 Å². The molecule has 0 saturated carbocycles. The molecule has 0 unspecified atom stereocenters. The molecule has 6 nitrogen and oxygen atoms in total. The summed E-state index contributed by atoms with van der Waals surface area (Å²) in [7, 11) is 1.63. The SMILES string of the molecule is COc1ccc(N=Cc2ccc(OCc3ccc([N+](=O)[O-])cc3)cc2)cc1. The number of hydrogen-bond donors (Lipinski definition) is 0. The summed E-state index contributed by atoms with van der Waals surface area (Å²) in [5.74, 6) is 1.51. The number of rotatable bonds is 7. The molecular weight excluding hydrogens is 344 g/mol. The number of nitro benzene ring substituents is 1. The van der Waals surface area contributed by atoms with Gasteiger partial charge in [0, 0.05) is 18.3 Å². The van der Waals surface area contributed by atoms with Crippen LogP contribution in [0.3, 0.4) is 0 Å². The monoisotopic (exact) mass is 362 g/mol. The minimum absolute atomic E-state index is 0.0688. The third-order valence-corrected chi connectivity index (χ3v) is 3.87. The Morgan fingerprint density at radius 1 is 0.926 bits per heavy atom. The molecule has 3 aromatic carbocycles. The first-order chi connectivity index (χ1) is 13.1. The van der Waals surface area contributed by atoms with E-state index in [0.29, 0.717) is 6.61 Å². The van der Waals surface area contributed by atoms with Gasteiger partial charge in [0.15, 0.2) is 0 Å². The lowest BCUT2D eigenvalue weighted by Gasteiger charge is -2.06. The van der Waals surface area contributed by atoms with Crippen molar-refractivity contribution in [2.24, 2.45) is 4.99 Å². The van der Waals surface area contributed by atoms with Crippen LogP contribution in [-0.2, 0) is 6.61 Å². The molecule has 0 aliphatic rings. The molecule has 0 spiro atoms. The van der Waals surface area contributed by atoms with Crippen LogP contribution >= 0.6 is 0 Å². The molecule has 0 N–H and O–H groups in total. The number of benzene rings is 3. The molecular formula is C21H18N2O4. The van der Waals surface area contributed by atoms with Crippen molar-refractivity contribution in [3.05, 3.63) is 94.0 Å². The lowest BCUT2D eigenvalue weighted by atomic mass is 10.2. The van der Waals surface area contributed by atoms with Crippen molar-refractivity contribution in [2.45, 2.75) is 6.61 Å². The highest BCUT2D eigenvalue weighted by Crippen LogP contribution is 2.19. The van der Waals surface area contributed by atoms with Crippen molar-refractivity contribution in [3.8, 4) is 11.5 Å². The average molecular weight is 362 g/mol. The predicted octanol–water partition coefficient (Wildman–Crippen LogP) is 4.93. The molecule has 0 amide bonds. The van der Waals surface area contributed by atoms with Crippen molar-refractivity contribution in [3.63, 3.8) is 0 Å². The van der Waals surface area contributed by atoms with Crippen LogP contribution in [0.1, 0.15) is 11.1 Å². The molecule has 0 aromatic heterocycles. The first-order valence-corrected chi connectivity index (χ1v) is 8.28. The number of aliphatic imine (C=N–C) groups is 1. The van der Waals surface area contributed by atoms with Crippen LogP contribution in [0.5, 0.6) is 11.5 Å². The van der Waals surface area contributed by atoms with Gasteiger partial charge in [0.05, 0.1) is 17.7 Å². The second-order valence-corrected chi connectivity index (χ2v) is 5.74. The average Bonchev–Trinajstić information content (AvgIpc) is 2.72. The Hall–Kier alpha value is -3.67. The van der Waals surface area contributed by atoms with Crippen LogP contribution in [0.25, 0.3) is 0 Å². The number of non-ortho nitro benzene ring substituents is 1. The summed E-state index contributed by atoms with van der Waals surface area (Å²) in [6.07, 6.45) is 1.78. The van der Waals surface area contributed by atoms with E-state index in [1.807, 2.05) is 48.5 Å². The second-order valence-electron chi connectivity index (χ2n) is 5.74. The molecule has 0 saturated heterocycles. The van der Waals surface area contributed by atoms with Crippen LogP contribution in [0.4, 0.5) is 11.4 Å². The zero-order valence-electron chi connectivity index (χ0n) is 14.7. The van der Waals surface area contributed by atoms with Gasteiger partial charge in [-0.1, -0.05) is 0 Å². The highest BCUT2D eigenvalue weighted by atomic mass is 16.6. The lowest BCUT2D eigenvalue weighted by Crippen LogP contribution is -1.96. The summed E-state index contributed by atoms with van der Waals surface area (Å²) in [6.45, 7) is 0.345. The summed E-state index contributed by atoms with van der Waals surface area (Å²) in [5.41, 5.74) is 2.73. The van der Waals surface area contributed by atoms with Crippen molar-refractivity contribution >= 4 is 17.6 Å². The largest absolute Gasteiger partial charge is 0.497 e. The summed E-state index contributed by atoms with van der Waals surface area (Å²) in [4.78, 5) is 14.7. The van der Waals surface area contributed by atoms with Gasteiger partial charge >= 0.3 is 0 Å². The van der Waals surface area contributed by atoms with E-state index in [1.54, 1.807) is 25.5 Å². The van der Waals surface area contributed by atoms with Gasteiger partial charge in [-0.2, -0.15) is 0 Å². The van der Waals surface area contributed by atoms with Crippen LogP contribution in [-0.4, -0.2) is 18.2 Å². The van der Waals surface area contributed by atoms with E-state index in [-0.39, 0.29) is 5.69 Å². The maximum atomic E-state index is 10.7. The molecule has 0 atom stereocenters. The van der Waals surface area contributed by atoms with Crippen LogP contribution < -0.4 is 9.47 Å². The third kappa shape index (κ3) is 5.15. The molecule has 0 aliphatic heterocycles. The number of hydrogen-bond acceptors (Lipinski definition) is 5. The van der Waals surface area contributed by atoms with Gasteiger partial charge < -0.3 is 9.47 Å². The van der Waals surface area contributed by atoms with Crippen molar-refractivity contribution in [1.82, 2.24) is 0 Å². The molecule has 0 aliphatic carbocycles. The molecule has 0 heterocycles. The fourth-order valence-corrected chi connectivity index (χ4v) is 2.35. The van der Waals surface area contributed by atoms with E-state index < -0.39 is 4.92 Å². The molecule has 0 bridgehead atoms. The number of methoxy groups -OCH3 is 1. The fraction of sp³-hybridized carbons (Fsp3) is 0.0952. The standard InChI is InChI=1S/C21H18N2O4/c1-26-20-12-6-18(7-13-20)22-14-16-4-10-21(11-5-16)27-15-17-2-8-19(9-3-17)23(24)25/h2-14H,15H2,1H3. The zero-order chi connectivity index (χ0) is 19.1. The van der Waals surface area contributed by atoms with Gasteiger partial charge in [0.25, 0.3) is 5.69 Å². The van der Waals surface area contributed by atoms with Gasteiger partial charge in [-0.15, -0.1) is 0 Å². The van der Waals surface area contributed by atoms with E-state index in [2.05, 4.69) is 4.99 Å². The highest BCUT2D eigenvalue weighted by molar-refractivity contribution is 5.82. The van der Waals surface area contributed by atoms with Crippen molar-refractivity contribution < 1.29 is 14.4 Å². The minimum Gasteiger partial charge on any atom is -0.497 e. The molecule has 3 aromatic rings. The van der Waals surface area contributed by atoms with E-state index in [1.165, 1.54) is 12.1 Å². The Bertz CT molecular complexity index is 918. The van der Waals surface area contributed by atoms with Gasteiger partial charge in [-0.05, 0) is 71.8 Å². The van der Waals surface area contributed by atoms with Crippen molar-refractivity contribution in [1.29, 1.82) is 0 Å². The molecule has 6 heteroatoms. The van der Waals surface area contributed by atoms with Crippen LogP contribution in [0.2, 0.25) is 0 Å². The Morgan fingerprint density at radius 3 is 2.15 bits per heavy atom. The summed E-state index contributed by atoms with van der Waals surface area (Å²) < 4.78 is 10.8. The van der Waals surface area contributed by atoms with Crippen LogP contribution in [0.15, 0.2) is 77.8 Å². The smallest absolute Gasteiger partial charge is 0.269 e. The molecule has 3 rings (SSSR count). The Morgan fingerprint density at radius 2 is 1.56 bits per heavy atom. The van der Waals surface area contributed by atoms with E-state index in [9.17, 15) is 10.1 Å².